The normalized spacial score (nSPS) is 10.6. The number of aromatic hydroxyl groups is 1. The van der Waals surface area contributed by atoms with E-state index in [4.69, 9.17) is 5.11 Å². The minimum absolute atomic E-state index is 0.0300. The molecule has 2 aromatic rings. The quantitative estimate of drug-likeness (QED) is 0.709. The monoisotopic (exact) mass is 196 g/mol. The van der Waals surface area contributed by atoms with E-state index in [9.17, 15) is 14.3 Å². The molecule has 5 nitrogen and oxygen atoms in total. The number of hydrogen-bond acceptors (Lipinski definition) is 3. The van der Waals surface area contributed by atoms with Crippen molar-refractivity contribution >= 4 is 11.5 Å². The summed E-state index contributed by atoms with van der Waals surface area (Å²) in [5.74, 6) is -2.38. The van der Waals surface area contributed by atoms with Gasteiger partial charge < -0.3 is 10.2 Å². The fourth-order valence-electron chi connectivity index (χ4n) is 1.17. The number of nitrogens with zero attached hydrogens (tertiary/aromatic N) is 2. The molecule has 2 rings (SSSR count). The van der Waals surface area contributed by atoms with Gasteiger partial charge in [-0.25, -0.2) is 13.7 Å². The van der Waals surface area contributed by atoms with Gasteiger partial charge in [-0.05, 0) is 0 Å². The summed E-state index contributed by atoms with van der Waals surface area (Å²) in [5, 5.41) is 21.7. The first-order valence-electron chi connectivity index (χ1n) is 3.69. The third kappa shape index (κ3) is 1.08. The average molecular weight is 196 g/mol. The minimum Gasteiger partial charge on any atom is -0.505 e. The highest BCUT2D eigenvalue weighted by atomic mass is 19.1. The molecule has 72 valence electrons. The Balaban J connectivity index is 2.80. The zero-order chi connectivity index (χ0) is 10.3. The van der Waals surface area contributed by atoms with Gasteiger partial charge in [-0.2, -0.15) is 5.10 Å². The summed E-state index contributed by atoms with van der Waals surface area (Å²) in [6, 6.07) is 1.01. The molecule has 0 bridgehead atoms. The predicted octanol–water partition coefficient (Wildman–Crippen LogP) is 0.877. The smallest absolute Gasteiger partial charge is 0.341 e. The number of carboxylic acid groups (broad SMARTS) is 1. The number of rotatable bonds is 1. The summed E-state index contributed by atoms with van der Waals surface area (Å²) in [5.41, 5.74) is -0.321. The number of carbonyl (C=O) groups is 1. The van der Waals surface area contributed by atoms with Crippen LogP contribution < -0.4 is 0 Å². The molecule has 14 heavy (non-hydrogen) atoms. The second-order valence-electron chi connectivity index (χ2n) is 2.70. The van der Waals surface area contributed by atoms with E-state index in [1.54, 1.807) is 0 Å². The van der Waals surface area contributed by atoms with Crippen LogP contribution in [0.5, 0.6) is 5.75 Å². The molecule has 0 aliphatic rings. The summed E-state index contributed by atoms with van der Waals surface area (Å²) in [7, 11) is 0. The molecule has 0 aromatic carbocycles. The molecular formula is C8H5FN2O3. The van der Waals surface area contributed by atoms with Crippen molar-refractivity contribution in [1.29, 1.82) is 0 Å². The van der Waals surface area contributed by atoms with Crippen molar-refractivity contribution in [2.24, 2.45) is 0 Å². The maximum atomic E-state index is 12.7. The maximum absolute atomic E-state index is 12.7. The van der Waals surface area contributed by atoms with E-state index in [1.165, 1.54) is 0 Å². The predicted molar refractivity (Wildman–Crippen MR) is 43.8 cm³/mol. The Hall–Kier alpha value is -2.11. The first kappa shape index (κ1) is 8.49. The van der Waals surface area contributed by atoms with Crippen LogP contribution in [0, 0.1) is 5.82 Å². The van der Waals surface area contributed by atoms with Crippen molar-refractivity contribution in [2.45, 2.75) is 0 Å². The van der Waals surface area contributed by atoms with Crippen LogP contribution in [0.1, 0.15) is 10.4 Å². The van der Waals surface area contributed by atoms with Gasteiger partial charge in [0.2, 0.25) is 0 Å². The third-order valence-electron chi connectivity index (χ3n) is 1.81. The van der Waals surface area contributed by atoms with Gasteiger partial charge in [0, 0.05) is 6.07 Å². The number of halogens is 1. The number of hydrogen-bond donors (Lipinski definition) is 2. The van der Waals surface area contributed by atoms with Gasteiger partial charge in [0.15, 0.2) is 5.75 Å². The standard InChI is InChI=1S/C8H5FN2O3/c9-4-1-6-7(12)5(8(13)14)2-10-11(6)3-4/h1-3,12H,(H,13,14). The zero-order valence-electron chi connectivity index (χ0n) is 6.81. The Morgan fingerprint density at radius 2 is 2.29 bits per heavy atom. The van der Waals surface area contributed by atoms with Crippen LogP contribution >= 0.6 is 0 Å². The van der Waals surface area contributed by atoms with Crippen LogP contribution in [0.3, 0.4) is 0 Å². The van der Waals surface area contributed by atoms with E-state index >= 15 is 0 Å². The van der Waals surface area contributed by atoms with E-state index in [0.717, 1.165) is 23.0 Å². The molecule has 0 radical (unpaired) electrons. The number of aromatic nitrogens is 2. The highest BCUT2D eigenvalue weighted by Gasteiger charge is 2.14. The van der Waals surface area contributed by atoms with Crippen molar-refractivity contribution in [2.75, 3.05) is 0 Å². The lowest BCUT2D eigenvalue weighted by molar-refractivity contribution is 0.0693. The number of fused-ring (bicyclic) bond motifs is 1. The van der Waals surface area contributed by atoms with Crippen LogP contribution in [-0.2, 0) is 0 Å². The van der Waals surface area contributed by atoms with E-state index in [2.05, 4.69) is 5.10 Å². The fraction of sp³-hybridized carbons (Fsp3) is 0. The summed E-state index contributed by atoms with van der Waals surface area (Å²) in [6.07, 6.45) is 2.00. The average Bonchev–Trinajstić information content (AvgIpc) is 2.46. The molecule has 6 heteroatoms. The molecule has 0 aliphatic heterocycles. The van der Waals surface area contributed by atoms with Crippen molar-refractivity contribution in [3.8, 4) is 5.75 Å². The summed E-state index contributed by atoms with van der Waals surface area (Å²) in [4.78, 5) is 10.6. The highest BCUT2D eigenvalue weighted by molar-refractivity contribution is 5.93. The fourth-order valence-corrected chi connectivity index (χ4v) is 1.17. The Kier molecular flexibility index (Phi) is 1.63. The van der Waals surface area contributed by atoms with Crippen LogP contribution in [0.2, 0.25) is 0 Å². The van der Waals surface area contributed by atoms with Crippen LogP contribution in [-0.4, -0.2) is 25.8 Å². The SMILES string of the molecule is O=C(O)c1cnn2cc(F)cc2c1O. The molecule has 0 aliphatic carbocycles. The second-order valence-corrected chi connectivity index (χ2v) is 2.70. The molecule has 0 atom stereocenters. The van der Waals surface area contributed by atoms with Gasteiger partial charge in [-0.1, -0.05) is 0 Å². The van der Waals surface area contributed by atoms with Gasteiger partial charge in [0.25, 0.3) is 0 Å². The van der Waals surface area contributed by atoms with Crippen molar-refractivity contribution < 1.29 is 19.4 Å². The molecular weight excluding hydrogens is 191 g/mol. The maximum Gasteiger partial charge on any atom is 0.341 e. The lowest BCUT2D eigenvalue weighted by atomic mass is 10.2. The zero-order valence-corrected chi connectivity index (χ0v) is 6.81. The molecule has 2 aromatic heterocycles. The van der Waals surface area contributed by atoms with Crippen molar-refractivity contribution in [3.05, 3.63) is 29.8 Å². The summed E-state index contributed by atoms with van der Waals surface area (Å²) in [6.45, 7) is 0. The van der Waals surface area contributed by atoms with Crippen molar-refractivity contribution in [3.63, 3.8) is 0 Å². The first-order valence-corrected chi connectivity index (χ1v) is 3.69. The summed E-state index contributed by atoms with van der Waals surface area (Å²) < 4.78 is 13.8. The summed E-state index contributed by atoms with van der Waals surface area (Å²) >= 11 is 0. The molecule has 0 fully saturated rings. The van der Waals surface area contributed by atoms with E-state index in [0.29, 0.717) is 0 Å². The molecule has 0 saturated heterocycles. The van der Waals surface area contributed by atoms with E-state index < -0.39 is 17.5 Å². The third-order valence-corrected chi connectivity index (χ3v) is 1.81. The molecule has 0 unspecified atom stereocenters. The van der Waals surface area contributed by atoms with Gasteiger partial charge in [-0.3, -0.25) is 0 Å². The van der Waals surface area contributed by atoms with Crippen LogP contribution in [0.25, 0.3) is 5.52 Å². The Morgan fingerprint density at radius 3 is 2.93 bits per heavy atom. The molecule has 0 spiro atoms. The molecule has 2 N–H and O–H groups in total. The Morgan fingerprint density at radius 1 is 1.57 bits per heavy atom. The van der Waals surface area contributed by atoms with E-state index in [-0.39, 0.29) is 11.1 Å². The first-order chi connectivity index (χ1) is 6.59. The van der Waals surface area contributed by atoms with Gasteiger partial charge >= 0.3 is 5.97 Å². The van der Waals surface area contributed by atoms with Gasteiger partial charge in [0.1, 0.15) is 16.9 Å². The van der Waals surface area contributed by atoms with Crippen molar-refractivity contribution in [1.82, 2.24) is 9.61 Å². The lowest BCUT2D eigenvalue weighted by Gasteiger charge is -2.00. The largest absolute Gasteiger partial charge is 0.505 e. The molecule has 0 amide bonds. The van der Waals surface area contributed by atoms with Crippen LogP contribution in [0.4, 0.5) is 4.39 Å². The lowest BCUT2D eigenvalue weighted by Crippen LogP contribution is -2.00. The van der Waals surface area contributed by atoms with Gasteiger partial charge in [0.05, 0.1) is 12.4 Å². The second kappa shape index (κ2) is 2.69. The molecule has 0 saturated carbocycles. The van der Waals surface area contributed by atoms with Gasteiger partial charge in [-0.15, -0.1) is 0 Å². The topological polar surface area (TPSA) is 74.8 Å². The molecule has 2 heterocycles. The number of carboxylic acids is 1. The van der Waals surface area contributed by atoms with Crippen LogP contribution in [0.15, 0.2) is 18.5 Å². The Bertz CT molecular complexity index is 521. The number of aromatic carboxylic acids is 1. The minimum atomic E-state index is -1.31. The Labute approximate surface area is 77.0 Å². The van der Waals surface area contributed by atoms with E-state index in [1.807, 2.05) is 0 Å². The highest BCUT2D eigenvalue weighted by Crippen LogP contribution is 2.23.